The van der Waals surface area contributed by atoms with E-state index in [1.807, 2.05) is 0 Å². The number of carbonyl (C=O) groups is 2. The van der Waals surface area contributed by atoms with Crippen LogP contribution in [0.2, 0.25) is 5.02 Å². The number of ketones is 1. The maximum absolute atomic E-state index is 12.3. The van der Waals surface area contributed by atoms with Crippen molar-refractivity contribution in [1.82, 2.24) is 0 Å². The normalized spacial score (nSPS) is 10.9. The number of esters is 1. The topological polar surface area (TPSA) is 52.6 Å². The molecule has 0 radical (unpaired) electrons. The second-order valence-corrected chi connectivity index (χ2v) is 4.69. The molecule has 5 heteroatoms. The predicted molar refractivity (Wildman–Crippen MR) is 68.2 cm³/mol. The van der Waals surface area contributed by atoms with Crippen molar-refractivity contribution in [1.29, 1.82) is 0 Å². The van der Waals surface area contributed by atoms with Crippen LogP contribution in [0.25, 0.3) is 0 Å². The number of halogens is 1. The van der Waals surface area contributed by atoms with Gasteiger partial charge in [0.15, 0.2) is 5.60 Å². The molecule has 0 saturated heterocycles. The largest absolute Gasteiger partial charge is 0.497 e. The SMILES string of the molecule is COc1ccc(Cl)c(C(=O)C(C)(C)OC(C)=O)c1. The Bertz CT molecular complexity index is 480. The van der Waals surface area contributed by atoms with Crippen LogP contribution in [0, 0.1) is 0 Å². The van der Waals surface area contributed by atoms with Gasteiger partial charge in [-0.2, -0.15) is 0 Å². The van der Waals surface area contributed by atoms with Gasteiger partial charge in [0.1, 0.15) is 5.75 Å². The summed E-state index contributed by atoms with van der Waals surface area (Å²) in [6.45, 7) is 4.29. The van der Waals surface area contributed by atoms with Crippen LogP contribution >= 0.6 is 11.6 Å². The molecule has 1 rings (SSSR count). The van der Waals surface area contributed by atoms with Gasteiger partial charge in [-0.1, -0.05) is 11.6 Å². The van der Waals surface area contributed by atoms with Crippen molar-refractivity contribution in [2.75, 3.05) is 7.11 Å². The summed E-state index contributed by atoms with van der Waals surface area (Å²) in [5.74, 6) is -0.379. The summed E-state index contributed by atoms with van der Waals surface area (Å²) in [7, 11) is 1.49. The molecule has 0 aliphatic rings. The molecule has 0 unspecified atom stereocenters. The molecule has 98 valence electrons. The number of methoxy groups -OCH3 is 1. The number of Topliss-reactive ketones (excluding diaryl/α,β-unsaturated/α-hetero) is 1. The molecule has 0 aliphatic carbocycles. The zero-order valence-corrected chi connectivity index (χ0v) is 11.5. The minimum atomic E-state index is -1.26. The molecule has 4 nitrogen and oxygen atoms in total. The molecule has 1 aromatic rings. The van der Waals surface area contributed by atoms with Crippen LogP contribution in [0.5, 0.6) is 5.75 Å². The van der Waals surface area contributed by atoms with Crippen LogP contribution in [0.3, 0.4) is 0 Å². The van der Waals surface area contributed by atoms with E-state index < -0.39 is 11.6 Å². The highest BCUT2D eigenvalue weighted by atomic mass is 35.5. The van der Waals surface area contributed by atoms with Crippen LogP contribution in [0.4, 0.5) is 0 Å². The molecule has 0 bridgehead atoms. The third-order valence-electron chi connectivity index (χ3n) is 2.36. The third-order valence-corrected chi connectivity index (χ3v) is 2.69. The monoisotopic (exact) mass is 270 g/mol. The molecule has 0 saturated carbocycles. The van der Waals surface area contributed by atoms with E-state index in [-0.39, 0.29) is 11.3 Å². The van der Waals surface area contributed by atoms with E-state index in [0.717, 1.165) is 0 Å². The second kappa shape index (κ2) is 5.40. The zero-order valence-electron chi connectivity index (χ0n) is 10.7. The molecular formula is C13H15ClO4. The van der Waals surface area contributed by atoms with Gasteiger partial charge in [0.05, 0.1) is 12.1 Å². The molecule has 18 heavy (non-hydrogen) atoms. The Morgan fingerprint density at radius 1 is 1.28 bits per heavy atom. The van der Waals surface area contributed by atoms with E-state index in [4.69, 9.17) is 21.1 Å². The van der Waals surface area contributed by atoms with Gasteiger partial charge in [0.2, 0.25) is 5.78 Å². The fourth-order valence-corrected chi connectivity index (χ4v) is 1.74. The lowest BCUT2D eigenvalue weighted by Gasteiger charge is -2.23. The predicted octanol–water partition coefficient (Wildman–Crippen LogP) is 2.87. The van der Waals surface area contributed by atoms with Crippen molar-refractivity contribution >= 4 is 23.4 Å². The molecule has 0 aliphatic heterocycles. The lowest BCUT2D eigenvalue weighted by molar-refractivity contribution is -0.149. The van der Waals surface area contributed by atoms with Crippen molar-refractivity contribution in [2.24, 2.45) is 0 Å². The summed E-state index contributed by atoms with van der Waals surface area (Å²) in [4.78, 5) is 23.2. The number of hydrogen-bond acceptors (Lipinski definition) is 4. The highest BCUT2D eigenvalue weighted by Crippen LogP contribution is 2.27. The molecule has 0 amide bonds. The zero-order chi connectivity index (χ0) is 13.9. The van der Waals surface area contributed by atoms with E-state index in [1.54, 1.807) is 12.1 Å². The molecule has 0 N–H and O–H groups in total. The first-order valence-electron chi connectivity index (χ1n) is 5.36. The van der Waals surface area contributed by atoms with Crippen molar-refractivity contribution in [3.05, 3.63) is 28.8 Å². The van der Waals surface area contributed by atoms with Gasteiger partial charge < -0.3 is 9.47 Å². The maximum atomic E-state index is 12.3. The minimum absolute atomic E-state index is 0.266. The number of ether oxygens (including phenoxy) is 2. The van der Waals surface area contributed by atoms with Gasteiger partial charge in [0.25, 0.3) is 0 Å². The summed E-state index contributed by atoms with van der Waals surface area (Å²) in [5.41, 5.74) is -0.996. The fourth-order valence-electron chi connectivity index (χ4n) is 1.54. The Morgan fingerprint density at radius 3 is 2.39 bits per heavy atom. The van der Waals surface area contributed by atoms with Crippen molar-refractivity contribution in [3.8, 4) is 5.75 Å². The quantitative estimate of drug-likeness (QED) is 0.624. The average molecular weight is 271 g/mol. The van der Waals surface area contributed by atoms with Gasteiger partial charge in [-0.05, 0) is 32.0 Å². The van der Waals surface area contributed by atoms with E-state index in [2.05, 4.69) is 0 Å². The molecule has 0 atom stereocenters. The van der Waals surface area contributed by atoms with Crippen molar-refractivity contribution in [3.63, 3.8) is 0 Å². The summed E-state index contributed by atoms with van der Waals surface area (Å²) in [6, 6.07) is 4.74. The van der Waals surface area contributed by atoms with Gasteiger partial charge in [-0.3, -0.25) is 9.59 Å². The van der Waals surface area contributed by atoms with Crippen molar-refractivity contribution in [2.45, 2.75) is 26.4 Å². The molecule has 0 spiro atoms. The van der Waals surface area contributed by atoms with Gasteiger partial charge in [-0.25, -0.2) is 0 Å². The van der Waals surface area contributed by atoms with E-state index in [0.29, 0.717) is 10.8 Å². The summed E-state index contributed by atoms with van der Waals surface area (Å²) < 4.78 is 10.0. The molecular weight excluding hydrogens is 256 g/mol. The summed E-state index contributed by atoms with van der Waals surface area (Å²) in [5, 5.41) is 0.293. The number of rotatable bonds is 4. The Morgan fingerprint density at radius 2 is 1.89 bits per heavy atom. The average Bonchev–Trinajstić information content (AvgIpc) is 2.27. The first-order valence-corrected chi connectivity index (χ1v) is 5.73. The fraction of sp³-hybridized carbons (Fsp3) is 0.385. The van der Waals surface area contributed by atoms with Crippen LogP contribution in [-0.2, 0) is 9.53 Å². The maximum Gasteiger partial charge on any atom is 0.303 e. The van der Waals surface area contributed by atoms with Crippen LogP contribution in [-0.4, -0.2) is 24.5 Å². The first-order chi connectivity index (χ1) is 8.27. The number of carbonyl (C=O) groups excluding carboxylic acids is 2. The lowest BCUT2D eigenvalue weighted by atomic mass is 9.96. The molecule has 0 fully saturated rings. The Kier molecular flexibility index (Phi) is 4.35. The Balaban J connectivity index is 3.13. The van der Waals surface area contributed by atoms with Gasteiger partial charge in [-0.15, -0.1) is 0 Å². The van der Waals surface area contributed by atoms with Crippen LogP contribution in [0.1, 0.15) is 31.1 Å². The van der Waals surface area contributed by atoms with E-state index >= 15 is 0 Å². The van der Waals surface area contributed by atoms with Gasteiger partial charge >= 0.3 is 5.97 Å². The Labute approximate surface area is 111 Å². The number of benzene rings is 1. The third kappa shape index (κ3) is 3.23. The minimum Gasteiger partial charge on any atom is -0.497 e. The van der Waals surface area contributed by atoms with Gasteiger partial charge in [0, 0.05) is 12.5 Å². The van der Waals surface area contributed by atoms with Crippen LogP contribution in [0.15, 0.2) is 18.2 Å². The molecule has 0 heterocycles. The second-order valence-electron chi connectivity index (χ2n) is 4.28. The molecule has 1 aromatic carbocycles. The standard InChI is InChI=1S/C13H15ClO4/c1-8(15)18-13(2,3)12(16)10-7-9(17-4)5-6-11(10)14/h5-7H,1-4H3. The number of hydrogen-bond donors (Lipinski definition) is 0. The lowest BCUT2D eigenvalue weighted by Crippen LogP contribution is -2.36. The summed E-state index contributed by atoms with van der Waals surface area (Å²) >= 11 is 5.97. The summed E-state index contributed by atoms with van der Waals surface area (Å²) in [6.07, 6.45) is 0. The first kappa shape index (κ1) is 14.5. The highest BCUT2D eigenvalue weighted by molar-refractivity contribution is 6.34. The molecule has 0 aromatic heterocycles. The smallest absolute Gasteiger partial charge is 0.303 e. The van der Waals surface area contributed by atoms with Crippen molar-refractivity contribution < 1.29 is 19.1 Å². The van der Waals surface area contributed by atoms with E-state index in [9.17, 15) is 9.59 Å². The van der Waals surface area contributed by atoms with Crippen LogP contribution < -0.4 is 4.74 Å². The van der Waals surface area contributed by atoms with E-state index in [1.165, 1.54) is 33.9 Å². The highest BCUT2D eigenvalue weighted by Gasteiger charge is 2.33. The Hall–Kier alpha value is -1.55.